The standard InChI is InChI=1S/C21H11F3N2O4/c22-18-19(26-11-7-5-10(9-25)6-8-11)21(24,30)15-14(20(18,23)29)16(27)12-3-1-2-4-13(12)17(15)28/h1-8,26,29-30H. The monoisotopic (exact) mass is 412 g/mol. The molecule has 0 heterocycles. The second-order valence-corrected chi connectivity index (χ2v) is 6.70. The Morgan fingerprint density at radius 3 is 1.87 bits per heavy atom. The number of nitriles is 1. The molecule has 2 aromatic rings. The van der Waals surface area contributed by atoms with Crippen molar-refractivity contribution in [3.63, 3.8) is 0 Å². The molecular formula is C21H11F3N2O4. The highest BCUT2D eigenvalue weighted by Gasteiger charge is 2.61. The van der Waals surface area contributed by atoms with E-state index in [2.05, 4.69) is 5.32 Å². The van der Waals surface area contributed by atoms with Gasteiger partial charge >= 0.3 is 0 Å². The fourth-order valence-corrected chi connectivity index (χ4v) is 3.46. The normalized spacial score (nSPS) is 25.6. The van der Waals surface area contributed by atoms with Crippen LogP contribution in [-0.2, 0) is 0 Å². The number of Topliss-reactive ketones (excluding diaryl/α,β-unsaturated/α-hetero) is 2. The summed E-state index contributed by atoms with van der Waals surface area (Å²) in [6.07, 6.45) is 0. The number of carbonyl (C=O) groups excluding carboxylic acids is 2. The van der Waals surface area contributed by atoms with Crippen LogP contribution in [0.3, 0.4) is 0 Å². The van der Waals surface area contributed by atoms with E-state index in [1.807, 2.05) is 6.07 Å². The number of hydrogen-bond acceptors (Lipinski definition) is 6. The number of alkyl halides is 2. The van der Waals surface area contributed by atoms with Gasteiger partial charge in [0.15, 0.2) is 17.4 Å². The summed E-state index contributed by atoms with van der Waals surface area (Å²) >= 11 is 0. The summed E-state index contributed by atoms with van der Waals surface area (Å²) in [6, 6.07) is 11.8. The molecule has 6 nitrogen and oxygen atoms in total. The van der Waals surface area contributed by atoms with Crippen molar-refractivity contribution in [1.29, 1.82) is 5.26 Å². The van der Waals surface area contributed by atoms with Crippen LogP contribution in [0.2, 0.25) is 0 Å². The molecule has 30 heavy (non-hydrogen) atoms. The fraction of sp³-hybridized carbons (Fsp3) is 0.0952. The Labute approximate surface area is 167 Å². The Bertz CT molecular complexity index is 1220. The molecule has 0 bridgehead atoms. The van der Waals surface area contributed by atoms with E-state index in [0.717, 1.165) is 12.1 Å². The molecule has 3 N–H and O–H groups in total. The average molecular weight is 412 g/mol. The van der Waals surface area contributed by atoms with Crippen LogP contribution in [0.1, 0.15) is 26.3 Å². The maximum Gasteiger partial charge on any atom is 0.292 e. The number of anilines is 1. The molecule has 4 rings (SSSR count). The van der Waals surface area contributed by atoms with E-state index < -0.39 is 45.9 Å². The van der Waals surface area contributed by atoms with E-state index in [0.29, 0.717) is 0 Å². The van der Waals surface area contributed by atoms with Crippen molar-refractivity contribution in [3.8, 4) is 6.07 Å². The number of aliphatic hydroxyl groups is 2. The molecule has 2 unspecified atom stereocenters. The van der Waals surface area contributed by atoms with Crippen LogP contribution in [0.15, 0.2) is 71.2 Å². The molecule has 0 saturated heterocycles. The molecule has 0 saturated carbocycles. The van der Waals surface area contributed by atoms with Crippen LogP contribution >= 0.6 is 0 Å². The van der Waals surface area contributed by atoms with Crippen LogP contribution in [0.25, 0.3) is 0 Å². The zero-order valence-electron chi connectivity index (χ0n) is 14.9. The van der Waals surface area contributed by atoms with Crippen molar-refractivity contribution < 1.29 is 33.0 Å². The molecule has 0 aromatic heterocycles. The Kier molecular flexibility index (Phi) is 4.16. The van der Waals surface area contributed by atoms with Crippen molar-refractivity contribution in [2.45, 2.75) is 11.7 Å². The molecule has 0 radical (unpaired) electrons. The van der Waals surface area contributed by atoms with Crippen LogP contribution in [-0.4, -0.2) is 33.5 Å². The van der Waals surface area contributed by atoms with Crippen molar-refractivity contribution in [2.75, 3.05) is 5.32 Å². The van der Waals surface area contributed by atoms with Gasteiger partial charge < -0.3 is 15.5 Å². The highest BCUT2D eigenvalue weighted by molar-refractivity contribution is 6.28. The minimum absolute atomic E-state index is 0.0786. The quantitative estimate of drug-likeness (QED) is 0.700. The van der Waals surface area contributed by atoms with Gasteiger partial charge in [0.25, 0.3) is 11.7 Å². The topological polar surface area (TPSA) is 110 Å². The first-order valence-electron chi connectivity index (χ1n) is 8.54. The first kappa shape index (κ1) is 19.6. The molecule has 2 aromatic carbocycles. The second-order valence-electron chi connectivity index (χ2n) is 6.70. The minimum atomic E-state index is -4.16. The number of carbonyl (C=O) groups is 2. The van der Waals surface area contributed by atoms with E-state index in [4.69, 9.17) is 5.26 Å². The number of fused-ring (bicyclic) bond motifs is 1. The molecule has 0 spiro atoms. The lowest BCUT2D eigenvalue weighted by molar-refractivity contribution is -0.0710. The lowest BCUT2D eigenvalue weighted by Crippen LogP contribution is -2.50. The van der Waals surface area contributed by atoms with E-state index in [9.17, 15) is 24.2 Å². The van der Waals surface area contributed by atoms with E-state index >= 15 is 8.78 Å². The van der Waals surface area contributed by atoms with Crippen molar-refractivity contribution in [3.05, 3.63) is 87.9 Å². The number of nitrogens with one attached hydrogen (secondary N) is 1. The van der Waals surface area contributed by atoms with Gasteiger partial charge in [-0.05, 0) is 24.3 Å². The maximum atomic E-state index is 15.4. The fourth-order valence-electron chi connectivity index (χ4n) is 3.46. The first-order valence-corrected chi connectivity index (χ1v) is 8.54. The molecule has 9 heteroatoms. The Balaban J connectivity index is 1.89. The highest BCUT2D eigenvalue weighted by Crippen LogP contribution is 2.50. The SMILES string of the molecule is N#Cc1ccc(NC2=C(F)C(O)(F)C3=C(C(=O)c4ccccc4C3=O)C2(O)F)cc1. The lowest BCUT2D eigenvalue weighted by Gasteiger charge is -2.38. The average Bonchev–Trinajstić information content (AvgIpc) is 2.73. The molecule has 2 atom stereocenters. The van der Waals surface area contributed by atoms with Crippen LogP contribution in [0.5, 0.6) is 0 Å². The highest BCUT2D eigenvalue weighted by atomic mass is 19.2. The number of halogens is 3. The van der Waals surface area contributed by atoms with Gasteiger partial charge in [0.1, 0.15) is 5.70 Å². The van der Waals surface area contributed by atoms with E-state index in [1.165, 1.54) is 36.4 Å². The summed E-state index contributed by atoms with van der Waals surface area (Å²) in [5.41, 5.74) is -4.96. The molecule has 0 fully saturated rings. The smallest absolute Gasteiger partial charge is 0.292 e. The number of ketones is 2. The van der Waals surface area contributed by atoms with Crippen molar-refractivity contribution >= 4 is 17.3 Å². The molecule has 2 aliphatic carbocycles. The van der Waals surface area contributed by atoms with Gasteiger partial charge in [0.2, 0.25) is 0 Å². The summed E-state index contributed by atoms with van der Waals surface area (Å²) in [4.78, 5) is 25.4. The predicted octanol–water partition coefficient (Wildman–Crippen LogP) is 2.86. The number of hydrogen-bond donors (Lipinski definition) is 3. The molecular weight excluding hydrogens is 401 g/mol. The third-order valence-corrected chi connectivity index (χ3v) is 4.91. The van der Waals surface area contributed by atoms with Crippen molar-refractivity contribution in [2.24, 2.45) is 0 Å². The van der Waals surface area contributed by atoms with Gasteiger partial charge in [-0.15, -0.1) is 0 Å². The Morgan fingerprint density at radius 1 is 0.867 bits per heavy atom. The molecule has 2 aliphatic rings. The van der Waals surface area contributed by atoms with Crippen LogP contribution in [0, 0.1) is 11.3 Å². The summed E-state index contributed by atoms with van der Waals surface area (Å²) in [7, 11) is 0. The lowest BCUT2D eigenvalue weighted by atomic mass is 9.74. The Hall–Kier alpha value is -3.74. The second kappa shape index (κ2) is 6.38. The van der Waals surface area contributed by atoms with Gasteiger partial charge in [-0.25, -0.2) is 4.39 Å². The predicted molar refractivity (Wildman–Crippen MR) is 97.2 cm³/mol. The summed E-state index contributed by atoms with van der Waals surface area (Å²) < 4.78 is 45.4. The van der Waals surface area contributed by atoms with Gasteiger partial charge in [-0.3, -0.25) is 9.59 Å². The van der Waals surface area contributed by atoms with Gasteiger partial charge in [0.05, 0.1) is 22.8 Å². The number of benzene rings is 2. The zero-order valence-corrected chi connectivity index (χ0v) is 14.9. The maximum absolute atomic E-state index is 15.4. The zero-order chi connectivity index (χ0) is 21.8. The number of nitrogens with zero attached hydrogens (tertiary/aromatic N) is 1. The first-order chi connectivity index (χ1) is 14.1. The van der Waals surface area contributed by atoms with Gasteiger partial charge in [-0.2, -0.15) is 14.0 Å². The van der Waals surface area contributed by atoms with Crippen LogP contribution < -0.4 is 5.32 Å². The third-order valence-electron chi connectivity index (χ3n) is 4.91. The number of rotatable bonds is 2. The Morgan fingerprint density at radius 2 is 1.37 bits per heavy atom. The molecule has 150 valence electrons. The summed E-state index contributed by atoms with van der Waals surface area (Å²) in [6.45, 7) is 0. The van der Waals surface area contributed by atoms with E-state index in [-0.39, 0.29) is 22.4 Å². The third kappa shape index (κ3) is 2.58. The summed E-state index contributed by atoms with van der Waals surface area (Å²) in [5.74, 6) is -12.9. The van der Waals surface area contributed by atoms with Crippen LogP contribution in [0.4, 0.5) is 18.9 Å². The molecule has 0 amide bonds. The molecule has 0 aliphatic heterocycles. The van der Waals surface area contributed by atoms with E-state index in [1.54, 1.807) is 0 Å². The summed E-state index contributed by atoms with van der Waals surface area (Å²) in [5, 5.41) is 31.4. The largest absolute Gasteiger partial charge is 0.353 e. The van der Waals surface area contributed by atoms with Gasteiger partial charge in [0, 0.05) is 16.8 Å². The minimum Gasteiger partial charge on any atom is -0.353 e. The van der Waals surface area contributed by atoms with Gasteiger partial charge in [-0.1, -0.05) is 24.3 Å². The van der Waals surface area contributed by atoms with Crippen molar-refractivity contribution in [1.82, 2.24) is 0 Å².